The molecule has 0 heterocycles. The average Bonchev–Trinajstić information content (AvgIpc) is 2.46. The van der Waals surface area contributed by atoms with Gasteiger partial charge in [-0.2, -0.15) is 13.2 Å². The Hall–Kier alpha value is -1.93. The Balaban J connectivity index is 2.14. The summed E-state index contributed by atoms with van der Waals surface area (Å²) >= 11 is 0. The van der Waals surface area contributed by atoms with Crippen molar-refractivity contribution in [3.63, 3.8) is 0 Å². The molecule has 0 amide bonds. The highest BCUT2D eigenvalue weighted by molar-refractivity contribution is 7.89. The van der Waals surface area contributed by atoms with Gasteiger partial charge in [-0.05, 0) is 36.2 Å². The van der Waals surface area contributed by atoms with Gasteiger partial charge in [-0.25, -0.2) is 17.5 Å². The third-order valence-electron chi connectivity index (χ3n) is 3.08. The molecule has 0 aromatic heterocycles. The number of halogens is 4. The van der Waals surface area contributed by atoms with E-state index < -0.39 is 32.5 Å². The molecule has 0 atom stereocenters. The van der Waals surface area contributed by atoms with E-state index in [1.165, 1.54) is 24.3 Å². The lowest BCUT2D eigenvalue weighted by Crippen LogP contribution is -2.28. The molecule has 0 spiro atoms. The standard InChI is InChI=1S/C15H13F4NO2S/c16-12-5-3-4-11(10-12)8-9-20-23(21,22)14-7-2-1-6-13(14)15(17,18)19/h1-7,10,20H,8-9H2. The monoisotopic (exact) mass is 347 g/mol. The van der Waals surface area contributed by atoms with Crippen LogP contribution in [-0.2, 0) is 22.6 Å². The van der Waals surface area contributed by atoms with E-state index in [0.29, 0.717) is 11.6 Å². The van der Waals surface area contributed by atoms with Crippen LogP contribution in [0.5, 0.6) is 0 Å². The van der Waals surface area contributed by atoms with Gasteiger partial charge in [-0.1, -0.05) is 24.3 Å². The van der Waals surface area contributed by atoms with Crippen LogP contribution in [0.3, 0.4) is 0 Å². The first-order valence-corrected chi connectivity index (χ1v) is 8.09. The van der Waals surface area contributed by atoms with Crippen LogP contribution in [0, 0.1) is 5.82 Å². The van der Waals surface area contributed by atoms with E-state index in [-0.39, 0.29) is 13.0 Å². The summed E-state index contributed by atoms with van der Waals surface area (Å²) in [4.78, 5) is -0.827. The molecule has 0 radical (unpaired) electrons. The predicted molar refractivity (Wildman–Crippen MR) is 76.7 cm³/mol. The maximum Gasteiger partial charge on any atom is 0.417 e. The number of alkyl halides is 3. The number of rotatable bonds is 5. The first-order valence-electron chi connectivity index (χ1n) is 6.60. The van der Waals surface area contributed by atoms with Crippen LogP contribution >= 0.6 is 0 Å². The Bertz CT molecular complexity index is 788. The minimum Gasteiger partial charge on any atom is -0.211 e. The highest BCUT2D eigenvalue weighted by atomic mass is 32.2. The van der Waals surface area contributed by atoms with Crippen molar-refractivity contribution in [2.24, 2.45) is 0 Å². The molecule has 1 N–H and O–H groups in total. The second-order valence-corrected chi connectivity index (χ2v) is 6.51. The van der Waals surface area contributed by atoms with Gasteiger partial charge in [0.2, 0.25) is 10.0 Å². The molecule has 0 unspecified atom stereocenters. The lowest BCUT2D eigenvalue weighted by molar-refractivity contribution is -0.139. The molecular weight excluding hydrogens is 334 g/mol. The number of sulfonamides is 1. The molecule has 3 nitrogen and oxygen atoms in total. The van der Waals surface area contributed by atoms with E-state index in [1.54, 1.807) is 6.07 Å². The minimum absolute atomic E-state index is 0.141. The van der Waals surface area contributed by atoms with Crippen molar-refractivity contribution in [3.8, 4) is 0 Å². The van der Waals surface area contributed by atoms with Crippen LogP contribution in [0.25, 0.3) is 0 Å². The fraction of sp³-hybridized carbons (Fsp3) is 0.200. The van der Waals surface area contributed by atoms with Crippen molar-refractivity contribution in [1.82, 2.24) is 4.72 Å². The molecule has 0 bridgehead atoms. The lowest BCUT2D eigenvalue weighted by atomic mass is 10.1. The van der Waals surface area contributed by atoms with E-state index in [1.807, 2.05) is 0 Å². The molecule has 0 saturated carbocycles. The quantitative estimate of drug-likeness (QED) is 0.843. The largest absolute Gasteiger partial charge is 0.417 e. The van der Waals surface area contributed by atoms with E-state index in [2.05, 4.69) is 4.72 Å². The number of benzene rings is 2. The molecule has 2 aromatic carbocycles. The van der Waals surface area contributed by atoms with Crippen molar-refractivity contribution in [3.05, 3.63) is 65.5 Å². The second kappa shape index (κ2) is 6.67. The van der Waals surface area contributed by atoms with Crippen LogP contribution in [0.2, 0.25) is 0 Å². The van der Waals surface area contributed by atoms with Crippen LogP contribution < -0.4 is 4.72 Å². The summed E-state index contributed by atoms with van der Waals surface area (Å²) in [5.41, 5.74) is -0.685. The fourth-order valence-corrected chi connectivity index (χ4v) is 3.29. The molecule has 0 aliphatic heterocycles. The Labute approximate surface area is 131 Å². The highest BCUT2D eigenvalue weighted by Gasteiger charge is 2.36. The van der Waals surface area contributed by atoms with E-state index in [4.69, 9.17) is 0 Å². The minimum atomic E-state index is -4.77. The van der Waals surface area contributed by atoms with E-state index >= 15 is 0 Å². The summed E-state index contributed by atoms with van der Waals surface area (Å²) in [6, 6.07) is 9.49. The number of hydrogen-bond acceptors (Lipinski definition) is 2. The molecule has 0 aliphatic carbocycles. The van der Waals surface area contributed by atoms with Gasteiger partial charge in [0.05, 0.1) is 10.5 Å². The maximum atomic E-state index is 13.0. The van der Waals surface area contributed by atoms with Crippen LogP contribution in [0.1, 0.15) is 11.1 Å². The van der Waals surface area contributed by atoms with Crippen molar-refractivity contribution < 1.29 is 26.0 Å². The zero-order valence-corrected chi connectivity index (χ0v) is 12.6. The number of nitrogens with one attached hydrogen (secondary N) is 1. The Kier molecular flexibility index (Phi) is 5.06. The highest BCUT2D eigenvalue weighted by Crippen LogP contribution is 2.33. The summed E-state index contributed by atoms with van der Waals surface area (Å²) < 4.78 is 77.9. The van der Waals surface area contributed by atoms with E-state index in [0.717, 1.165) is 12.1 Å². The molecule has 2 rings (SSSR count). The fourth-order valence-electron chi connectivity index (χ4n) is 2.04. The van der Waals surface area contributed by atoms with Gasteiger partial charge in [0.25, 0.3) is 0 Å². The molecule has 0 fully saturated rings. The number of hydrogen-bond donors (Lipinski definition) is 1. The molecule has 0 saturated heterocycles. The van der Waals surface area contributed by atoms with Gasteiger partial charge < -0.3 is 0 Å². The molecular formula is C15H13F4NO2S. The average molecular weight is 347 g/mol. The second-order valence-electron chi connectivity index (χ2n) is 4.77. The summed E-state index contributed by atoms with van der Waals surface area (Å²) in [5.74, 6) is -0.465. The first-order chi connectivity index (χ1) is 10.7. The molecule has 8 heteroatoms. The van der Waals surface area contributed by atoms with Crippen molar-refractivity contribution in [2.45, 2.75) is 17.5 Å². The van der Waals surface area contributed by atoms with Crippen LogP contribution in [-0.4, -0.2) is 15.0 Å². The van der Waals surface area contributed by atoms with Gasteiger partial charge in [0.15, 0.2) is 0 Å². The van der Waals surface area contributed by atoms with Crippen molar-refractivity contribution in [2.75, 3.05) is 6.54 Å². The van der Waals surface area contributed by atoms with Gasteiger partial charge in [0.1, 0.15) is 5.82 Å². The molecule has 2 aromatic rings. The maximum absolute atomic E-state index is 13.0. The van der Waals surface area contributed by atoms with Gasteiger partial charge >= 0.3 is 6.18 Å². The summed E-state index contributed by atoms with van der Waals surface area (Å²) in [6.07, 6.45) is -4.61. The Morgan fingerprint density at radius 1 is 1.00 bits per heavy atom. The molecule has 23 heavy (non-hydrogen) atoms. The van der Waals surface area contributed by atoms with Crippen LogP contribution in [0.4, 0.5) is 17.6 Å². The SMILES string of the molecule is O=S(=O)(NCCc1cccc(F)c1)c1ccccc1C(F)(F)F. The van der Waals surface area contributed by atoms with Crippen molar-refractivity contribution in [1.29, 1.82) is 0 Å². The zero-order valence-electron chi connectivity index (χ0n) is 11.8. The summed E-state index contributed by atoms with van der Waals surface area (Å²) in [5, 5.41) is 0. The van der Waals surface area contributed by atoms with Gasteiger partial charge in [-0.3, -0.25) is 0 Å². The summed E-state index contributed by atoms with van der Waals surface area (Å²) in [7, 11) is -4.32. The normalized spacial score (nSPS) is 12.3. The summed E-state index contributed by atoms with van der Waals surface area (Å²) in [6.45, 7) is -0.141. The third kappa shape index (κ3) is 4.52. The lowest BCUT2D eigenvalue weighted by Gasteiger charge is -2.13. The predicted octanol–water partition coefficient (Wildman–Crippen LogP) is 3.37. The van der Waals surface area contributed by atoms with Crippen molar-refractivity contribution >= 4 is 10.0 Å². The Morgan fingerprint density at radius 2 is 1.70 bits per heavy atom. The van der Waals surface area contributed by atoms with Gasteiger partial charge in [0, 0.05) is 6.54 Å². The van der Waals surface area contributed by atoms with Gasteiger partial charge in [-0.15, -0.1) is 0 Å². The topological polar surface area (TPSA) is 46.2 Å². The smallest absolute Gasteiger partial charge is 0.211 e. The van der Waals surface area contributed by atoms with Crippen LogP contribution in [0.15, 0.2) is 53.4 Å². The third-order valence-corrected chi connectivity index (χ3v) is 4.60. The molecule has 124 valence electrons. The van der Waals surface area contributed by atoms with E-state index in [9.17, 15) is 26.0 Å². The molecule has 0 aliphatic rings. The first kappa shape index (κ1) is 17.4. The zero-order chi connectivity index (χ0) is 17.1. The Morgan fingerprint density at radius 3 is 2.35 bits per heavy atom.